The van der Waals surface area contributed by atoms with Gasteiger partial charge in [0.1, 0.15) is 5.75 Å². The van der Waals surface area contributed by atoms with Crippen molar-refractivity contribution >= 4 is 12.3 Å². The van der Waals surface area contributed by atoms with E-state index in [1.807, 2.05) is 31.3 Å². The normalized spacial score (nSPS) is 10.0. The first kappa shape index (κ1) is 15.2. The number of benzene rings is 1. The molecule has 1 N–H and O–H groups in total. The maximum Gasteiger partial charge on any atom is 0.229 e. The summed E-state index contributed by atoms with van der Waals surface area (Å²) >= 11 is 0. The van der Waals surface area contributed by atoms with E-state index in [9.17, 15) is 9.59 Å². The first-order chi connectivity index (χ1) is 9.21. The van der Waals surface area contributed by atoms with Crippen LogP contribution in [0.25, 0.3) is 0 Å². The Balaban J connectivity index is 2.54. The number of imide groups is 1. The minimum absolute atomic E-state index is 0.152. The molecular formula is C14H20N2O3. The van der Waals surface area contributed by atoms with Crippen LogP contribution >= 0.6 is 0 Å². The van der Waals surface area contributed by atoms with E-state index in [-0.39, 0.29) is 5.91 Å². The van der Waals surface area contributed by atoms with Crippen LogP contribution in [0, 0.1) is 0 Å². The van der Waals surface area contributed by atoms with E-state index < -0.39 is 0 Å². The van der Waals surface area contributed by atoms with Gasteiger partial charge in [-0.1, -0.05) is 12.1 Å². The SMILES string of the molecule is CNCCCC(=O)N(C=O)Cc1ccc(OC)cc1. The minimum atomic E-state index is -0.152. The molecule has 19 heavy (non-hydrogen) atoms. The van der Waals surface area contributed by atoms with E-state index in [2.05, 4.69) is 5.32 Å². The predicted molar refractivity (Wildman–Crippen MR) is 72.8 cm³/mol. The van der Waals surface area contributed by atoms with Gasteiger partial charge in [0.25, 0.3) is 0 Å². The van der Waals surface area contributed by atoms with E-state index in [1.54, 1.807) is 7.11 Å². The third-order valence-electron chi connectivity index (χ3n) is 2.78. The molecule has 5 nitrogen and oxygen atoms in total. The molecule has 2 amide bonds. The summed E-state index contributed by atoms with van der Waals surface area (Å²) in [6.45, 7) is 1.06. The smallest absolute Gasteiger partial charge is 0.229 e. The molecule has 1 aromatic rings. The van der Waals surface area contributed by atoms with Crippen molar-refractivity contribution in [2.45, 2.75) is 19.4 Å². The fourth-order valence-corrected chi connectivity index (χ4v) is 1.67. The maximum atomic E-state index is 11.8. The molecule has 0 saturated heterocycles. The Morgan fingerprint density at radius 1 is 1.37 bits per heavy atom. The molecule has 0 bridgehead atoms. The number of hydrogen-bond donors (Lipinski definition) is 1. The van der Waals surface area contributed by atoms with Crippen molar-refractivity contribution in [3.8, 4) is 5.75 Å². The van der Waals surface area contributed by atoms with Crippen LogP contribution in [0.5, 0.6) is 5.75 Å². The standard InChI is InChI=1S/C14H20N2O3/c1-15-9-3-4-14(18)16(11-17)10-12-5-7-13(19-2)8-6-12/h5-8,11,15H,3-4,9-10H2,1-2H3. The Labute approximate surface area is 113 Å². The molecule has 0 unspecified atom stereocenters. The average Bonchev–Trinajstić information content (AvgIpc) is 2.45. The maximum absolute atomic E-state index is 11.8. The molecule has 0 aliphatic rings. The molecule has 0 aromatic heterocycles. The van der Waals surface area contributed by atoms with Gasteiger partial charge in [0.15, 0.2) is 0 Å². The van der Waals surface area contributed by atoms with Crippen molar-refractivity contribution in [1.29, 1.82) is 0 Å². The van der Waals surface area contributed by atoms with E-state index in [4.69, 9.17) is 4.74 Å². The topological polar surface area (TPSA) is 58.6 Å². The zero-order valence-corrected chi connectivity index (χ0v) is 11.4. The van der Waals surface area contributed by atoms with Gasteiger partial charge in [-0.3, -0.25) is 14.5 Å². The van der Waals surface area contributed by atoms with Gasteiger partial charge >= 0.3 is 0 Å². The Bertz CT molecular complexity index is 404. The van der Waals surface area contributed by atoms with Gasteiger partial charge in [-0.25, -0.2) is 0 Å². The minimum Gasteiger partial charge on any atom is -0.497 e. The quantitative estimate of drug-likeness (QED) is 0.566. The van der Waals surface area contributed by atoms with Crippen LogP contribution in [0.4, 0.5) is 0 Å². The van der Waals surface area contributed by atoms with Gasteiger partial charge < -0.3 is 10.1 Å². The molecule has 0 aliphatic carbocycles. The highest BCUT2D eigenvalue weighted by molar-refractivity contribution is 5.86. The van der Waals surface area contributed by atoms with Gasteiger partial charge in [-0.05, 0) is 37.7 Å². The van der Waals surface area contributed by atoms with Crippen molar-refractivity contribution in [1.82, 2.24) is 10.2 Å². The summed E-state index contributed by atoms with van der Waals surface area (Å²) < 4.78 is 5.06. The van der Waals surface area contributed by atoms with Crippen molar-refractivity contribution < 1.29 is 14.3 Å². The molecule has 0 spiro atoms. The Kier molecular flexibility index (Phi) is 6.60. The lowest BCUT2D eigenvalue weighted by molar-refractivity contribution is -0.138. The number of carbonyl (C=O) groups excluding carboxylic acids is 2. The summed E-state index contributed by atoms with van der Waals surface area (Å²) in [5, 5.41) is 2.97. The summed E-state index contributed by atoms with van der Waals surface area (Å²) in [4.78, 5) is 24.0. The van der Waals surface area contributed by atoms with Gasteiger partial charge in [-0.2, -0.15) is 0 Å². The first-order valence-corrected chi connectivity index (χ1v) is 6.23. The van der Waals surface area contributed by atoms with Gasteiger partial charge in [0.2, 0.25) is 12.3 Å². The highest BCUT2D eigenvalue weighted by atomic mass is 16.5. The van der Waals surface area contributed by atoms with Crippen LogP contribution in [-0.2, 0) is 16.1 Å². The van der Waals surface area contributed by atoms with Crippen LogP contribution in [0.2, 0.25) is 0 Å². The monoisotopic (exact) mass is 264 g/mol. The second-order valence-corrected chi connectivity index (χ2v) is 4.18. The summed E-state index contributed by atoms with van der Waals surface area (Å²) in [6.07, 6.45) is 1.68. The zero-order chi connectivity index (χ0) is 14.1. The molecule has 0 saturated carbocycles. The number of carbonyl (C=O) groups is 2. The third-order valence-corrected chi connectivity index (χ3v) is 2.78. The molecule has 0 heterocycles. The first-order valence-electron chi connectivity index (χ1n) is 6.23. The van der Waals surface area contributed by atoms with Crippen LogP contribution in [0.15, 0.2) is 24.3 Å². The number of rotatable bonds is 8. The van der Waals surface area contributed by atoms with Gasteiger partial charge in [-0.15, -0.1) is 0 Å². The number of nitrogens with one attached hydrogen (secondary N) is 1. The molecule has 0 aliphatic heterocycles. The van der Waals surface area contributed by atoms with E-state index in [0.29, 0.717) is 19.4 Å². The number of nitrogens with zero attached hydrogens (tertiary/aromatic N) is 1. The van der Waals surface area contributed by atoms with Crippen LogP contribution < -0.4 is 10.1 Å². The van der Waals surface area contributed by atoms with Crippen LogP contribution in [-0.4, -0.2) is 37.9 Å². The largest absolute Gasteiger partial charge is 0.497 e. The van der Waals surface area contributed by atoms with Crippen LogP contribution in [0.1, 0.15) is 18.4 Å². The molecule has 1 rings (SSSR count). The molecule has 1 aromatic carbocycles. The Morgan fingerprint density at radius 3 is 2.58 bits per heavy atom. The van der Waals surface area contributed by atoms with Crippen molar-refractivity contribution in [3.63, 3.8) is 0 Å². The Hall–Kier alpha value is -1.88. The third kappa shape index (κ3) is 5.09. The summed E-state index contributed by atoms with van der Waals surface area (Å²) in [7, 11) is 3.43. The number of methoxy groups -OCH3 is 1. The van der Waals surface area contributed by atoms with Crippen molar-refractivity contribution in [3.05, 3.63) is 29.8 Å². The summed E-state index contributed by atoms with van der Waals surface area (Å²) in [5.41, 5.74) is 0.898. The highest BCUT2D eigenvalue weighted by Gasteiger charge is 2.12. The fraction of sp³-hybridized carbons (Fsp3) is 0.429. The second kappa shape index (κ2) is 8.26. The highest BCUT2D eigenvalue weighted by Crippen LogP contribution is 2.13. The van der Waals surface area contributed by atoms with E-state index >= 15 is 0 Å². The molecule has 0 atom stereocenters. The molecule has 0 fully saturated rings. The van der Waals surface area contributed by atoms with E-state index in [1.165, 1.54) is 4.90 Å². The molecule has 0 radical (unpaired) electrons. The predicted octanol–water partition coefficient (Wildman–Crippen LogP) is 1.18. The average molecular weight is 264 g/mol. The molecular weight excluding hydrogens is 244 g/mol. The van der Waals surface area contributed by atoms with Crippen molar-refractivity contribution in [2.24, 2.45) is 0 Å². The zero-order valence-electron chi connectivity index (χ0n) is 11.4. The van der Waals surface area contributed by atoms with Crippen molar-refractivity contribution in [2.75, 3.05) is 20.7 Å². The number of hydrogen-bond acceptors (Lipinski definition) is 4. The summed E-state index contributed by atoms with van der Waals surface area (Å²) in [6, 6.07) is 7.31. The van der Waals surface area contributed by atoms with Gasteiger partial charge in [0, 0.05) is 6.42 Å². The lowest BCUT2D eigenvalue weighted by atomic mass is 10.2. The van der Waals surface area contributed by atoms with Gasteiger partial charge in [0.05, 0.1) is 13.7 Å². The van der Waals surface area contributed by atoms with E-state index in [0.717, 1.165) is 24.3 Å². The second-order valence-electron chi connectivity index (χ2n) is 4.18. The number of ether oxygens (including phenoxy) is 1. The molecule has 5 heteroatoms. The van der Waals surface area contributed by atoms with Crippen LogP contribution in [0.3, 0.4) is 0 Å². The Morgan fingerprint density at radius 2 is 2.05 bits per heavy atom. The lowest BCUT2D eigenvalue weighted by Gasteiger charge is -2.15. The fourth-order valence-electron chi connectivity index (χ4n) is 1.67. The lowest BCUT2D eigenvalue weighted by Crippen LogP contribution is -2.29. The summed E-state index contributed by atoms with van der Waals surface area (Å²) in [5.74, 6) is 0.600. The molecule has 104 valence electrons. The number of amides is 2.